The lowest BCUT2D eigenvalue weighted by atomic mass is 10.0. The molecule has 0 bridgehead atoms. The highest BCUT2D eigenvalue weighted by Gasteiger charge is 2.18. The molecule has 0 heterocycles. The Morgan fingerprint density at radius 3 is 2.53 bits per heavy atom. The second-order valence-electron chi connectivity index (χ2n) is 2.92. The second kappa shape index (κ2) is 4.19. The molecule has 0 atom stereocenters. The van der Waals surface area contributed by atoms with Gasteiger partial charge in [0.1, 0.15) is 0 Å². The topological polar surface area (TPSA) is 78.2 Å². The predicted octanol–water partition coefficient (Wildman–Crippen LogP) is 1.29. The van der Waals surface area contributed by atoms with E-state index >= 15 is 0 Å². The van der Waals surface area contributed by atoms with Crippen LogP contribution in [0.3, 0.4) is 0 Å². The zero-order valence-corrected chi connectivity index (χ0v) is 9.43. The highest BCUT2D eigenvalue weighted by molar-refractivity contribution is 8.13. The summed E-state index contributed by atoms with van der Waals surface area (Å²) in [6, 6.07) is 4.49. The first-order valence-electron chi connectivity index (χ1n) is 4.00. The largest absolute Gasteiger partial charge is 0.392 e. The lowest BCUT2D eigenvalue weighted by molar-refractivity contribution is 0.277. The first-order valence-corrected chi connectivity index (χ1v) is 6.31. The molecule has 80 valence electrons. The molecule has 0 amide bonds. The highest BCUT2D eigenvalue weighted by Crippen LogP contribution is 2.25. The van der Waals surface area contributed by atoms with E-state index in [1.807, 2.05) is 6.07 Å². The number of aliphatic hydroxyl groups excluding tert-OH is 1. The maximum absolute atomic E-state index is 11.1. The maximum Gasteiger partial charge on any atom is 0.261 e. The third-order valence-electron chi connectivity index (χ3n) is 2.10. The zero-order chi connectivity index (χ0) is 11.6. The molecule has 0 fully saturated rings. The molecule has 1 rings (SSSR count). The molecule has 0 aromatic heterocycles. The van der Waals surface area contributed by atoms with Crippen molar-refractivity contribution in [3.63, 3.8) is 0 Å². The molecule has 0 aliphatic carbocycles. The van der Waals surface area contributed by atoms with Gasteiger partial charge in [0, 0.05) is 16.2 Å². The molecule has 1 aromatic carbocycles. The summed E-state index contributed by atoms with van der Waals surface area (Å²) in [4.78, 5) is -0.150. The number of aliphatic hydroxyl groups is 1. The van der Waals surface area contributed by atoms with Crippen LogP contribution in [0, 0.1) is 18.3 Å². The molecule has 1 aromatic rings. The highest BCUT2D eigenvalue weighted by atomic mass is 35.7. The van der Waals surface area contributed by atoms with Gasteiger partial charge < -0.3 is 5.11 Å². The molecule has 1 N–H and O–H groups in total. The summed E-state index contributed by atoms with van der Waals surface area (Å²) in [6.45, 7) is 1.10. The molecule has 0 unspecified atom stereocenters. The van der Waals surface area contributed by atoms with Gasteiger partial charge in [0.15, 0.2) is 0 Å². The Hall–Kier alpha value is -1.09. The van der Waals surface area contributed by atoms with Crippen LogP contribution in [-0.2, 0) is 15.7 Å². The van der Waals surface area contributed by atoms with Crippen LogP contribution >= 0.6 is 10.7 Å². The van der Waals surface area contributed by atoms with E-state index in [9.17, 15) is 8.42 Å². The Balaban J connectivity index is 3.61. The van der Waals surface area contributed by atoms with E-state index in [1.165, 1.54) is 12.1 Å². The number of halogens is 1. The number of benzene rings is 1. The molecule has 0 radical (unpaired) electrons. The van der Waals surface area contributed by atoms with Crippen LogP contribution in [0.5, 0.6) is 0 Å². The third kappa shape index (κ3) is 2.29. The number of nitrogens with zero attached hydrogens (tertiary/aromatic N) is 1. The number of hydrogen-bond donors (Lipinski definition) is 1. The molecular weight excluding hydrogens is 238 g/mol. The van der Waals surface area contributed by atoms with E-state index in [0.29, 0.717) is 11.1 Å². The van der Waals surface area contributed by atoms with Crippen molar-refractivity contribution in [1.29, 1.82) is 5.26 Å². The van der Waals surface area contributed by atoms with Crippen molar-refractivity contribution in [2.24, 2.45) is 0 Å². The lowest BCUT2D eigenvalue weighted by Gasteiger charge is -2.08. The quantitative estimate of drug-likeness (QED) is 0.797. The van der Waals surface area contributed by atoms with Gasteiger partial charge in [-0.15, -0.1) is 0 Å². The minimum absolute atomic E-state index is 0.150. The molecular formula is C9H8ClNO3S. The van der Waals surface area contributed by atoms with Crippen LogP contribution in [0.15, 0.2) is 17.0 Å². The first-order chi connectivity index (χ1) is 6.91. The molecule has 0 aliphatic rings. The average Bonchev–Trinajstić information content (AvgIpc) is 2.15. The smallest absolute Gasteiger partial charge is 0.261 e. The third-order valence-corrected chi connectivity index (χ3v) is 3.50. The Morgan fingerprint density at radius 1 is 1.53 bits per heavy atom. The fourth-order valence-corrected chi connectivity index (χ4v) is 2.45. The molecule has 0 saturated heterocycles. The number of hydrogen-bond acceptors (Lipinski definition) is 4. The monoisotopic (exact) mass is 245 g/mol. The van der Waals surface area contributed by atoms with Gasteiger partial charge in [-0.2, -0.15) is 5.26 Å². The SMILES string of the molecule is Cc1c(C#N)ccc(S(=O)(=O)Cl)c1CO. The van der Waals surface area contributed by atoms with Gasteiger partial charge >= 0.3 is 0 Å². The minimum Gasteiger partial charge on any atom is -0.392 e. The average molecular weight is 246 g/mol. The van der Waals surface area contributed by atoms with E-state index in [0.717, 1.165) is 0 Å². The second-order valence-corrected chi connectivity index (χ2v) is 5.46. The van der Waals surface area contributed by atoms with Gasteiger partial charge in [-0.3, -0.25) is 0 Å². The standard InChI is InChI=1S/C9H8ClNO3S/c1-6-7(4-11)2-3-9(8(6)5-12)15(10,13)14/h2-3,12H,5H2,1H3. The van der Waals surface area contributed by atoms with Crippen molar-refractivity contribution in [2.75, 3.05) is 0 Å². The fraction of sp³-hybridized carbons (Fsp3) is 0.222. The van der Waals surface area contributed by atoms with Crippen molar-refractivity contribution in [3.8, 4) is 6.07 Å². The number of rotatable bonds is 2. The molecule has 0 spiro atoms. The normalized spacial score (nSPS) is 11.1. The Morgan fingerprint density at radius 2 is 2.13 bits per heavy atom. The van der Waals surface area contributed by atoms with E-state index in [2.05, 4.69) is 0 Å². The van der Waals surface area contributed by atoms with Crippen LogP contribution in [0.25, 0.3) is 0 Å². The van der Waals surface area contributed by atoms with E-state index < -0.39 is 15.7 Å². The number of nitriles is 1. The van der Waals surface area contributed by atoms with Crippen molar-refractivity contribution in [3.05, 3.63) is 28.8 Å². The van der Waals surface area contributed by atoms with E-state index in [-0.39, 0.29) is 10.5 Å². The summed E-state index contributed by atoms with van der Waals surface area (Å²) in [5.74, 6) is 0. The molecule has 4 nitrogen and oxygen atoms in total. The zero-order valence-electron chi connectivity index (χ0n) is 7.86. The predicted molar refractivity (Wildman–Crippen MR) is 54.9 cm³/mol. The van der Waals surface area contributed by atoms with Crippen LogP contribution in [-0.4, -0.2) is 13.5 Å². The molecule has 0 aliphatic heterocycles. The lowest BCUT2D eigenvalue weighted by Crippen LogP contribution is -2.02. The van der Waals surface area contributed by atoms with Crippen LogP contribution in [0.2, 0.25) is 0 Å². The summed E-state index contributed by atoms with van der Waals surface area (Å²) >= 11 is 0. The van der Waals surface area contributed by atoms with Crippen molar-refractivity contribution in [2.45, 2.75) is 18.4 Å². The van der Waals surface area contributed by atoms with Gasteiger partial charge in [0.2, 0.25) is 0 Å². The van der Waals surface area contributed by atoms with Gasteiger partial charge in [-0.05, 0) is 24.6 Å². The summed E-state index contributed by atoms with van der Waals surface area (Å²) < 4.78 is 22.3. The van der Waals surface area contributed by atoms with Gasteiger partial charge in [-0.25, -0.2) is 8.42 Å². The maximum atomic E-state index is 11.1. The summed E-state index contributed by atoms with van der Waals surface area (Å²) in [7, 11) is 1.30. The van der Waals surface area contributed by atoms with Gasteiger partial charge in [0.05, 0.1) is 23.1 Å². The molecule has 6 heteroatoms. The Labute approximate surface area is 92.1 Å². The first kappa shape index (κ1) is 12.0. The van der Waals surface area contributed by atoms with Crippen LogP contribution < -0.4 is 0 Å². The van der Waals surface area contributed by atoms with Gasteiger partial charge in [0.25, 0.3) is 9.05 Å². The van der Waals surface area contributed by atoms with Crippen LogP contribution in [0.4, 0.5) is 0 Å². The van der Waals surface area contributed by atoms with Crippen LogP contribution in [0.1, 0.15) is 16.7 Å². The van der Waals surface area contributed by atoms with Crippen molar-refractivity contribution >= 4 is 19.7 Å². The Bertz CT molecular complexity index is 531. The fourth-order valence-electron chi connectivity index (χ4n) is 1.28. The summed E-state index contributed by atoms with van der Waals surface area (Å²) in [5.41, 5.74) is 0.925. The van der Waals surface area contributed by atoms with Crippen molar-refractivity contribution in [1.82, 2.24) is 0 Å². The summed E-state index contributed by atoms with van der Waals surface area (Å²) in [5, 5.41) is 17.8. The molecule has 15 heavy (non-hydrogen) atoms. The minimum atomic E-state index is -3.89. The van der Waals surface area contributed by atoms with E-state index in [1.54, 1.807) is 6.92 Å². The Kier molecular flexibility index (Phi) is 3.35. The summed E-state index contributed by atoms with van der Waals surface area (Å²) in [6.07, 6.45) is 0. The van der Waals surface area contributed by atoms with E-state index in [4.69, 9.17) is 21.1 Å². The van der Waals surface area contributed by atoms with Gasteiger partial charge in [-0.1, -0.05) is 0 Å². The van der Waals surface area contributed by atoms with Crippen molar-refractivity contribution < 1.29 is 13.5 Å². The molecule has 0 saturated carbocycles.